The van der Waals surface area contributed by atoms with E-state index in [4.69, 9.17) is 0 Å². The standard InChI is InChI=1S/C23H26N/c1-5-24(21-15-9-6-12-18(21)2,22-16-10-7-13-19(22)3)23-17-11-8-14-20(23)4/h6-17H,5H2,1-4H3/q+1. The van der Waals surface area contributed by atoms with E-state index in [1.807, 2.05) is 0 Å². The number of para-hydroxylation sites is 3. The van der Waals surface area contributed by atoms with Crippen LogP contribution in [0.5, 0.6) is 0 Å². The van der Waals surface area contributed by atoms with Crippen LogP contribution in [0.15, 0.2) is 72.8 Å². The highest BCUT2D eigenvalue weighted by molar-refractivity contribution is 5.76. The number of rotatable bonds is 4. The van der Waals surface area contributed by atoms with Crippen LogP contribution in [0.4, 0.5) is 17.1 Å². The highest BCUT2D eigenvalue weighted by Crippen LogP contribution is 2.47. The number of benzene rings is 3. The molecule has 24 heavy (non-hydrogen) atoms. The molecule has 1 nitrogen and oxygen atoms in total. The summed E-state index contributed by atoms with van der Waals surface area (Å²) in [5.41, 5.74) is 8.03. The van der Waals surface area contributed by atoms with Crippen LogP contribution in [0, 0.1) is 20.8 Å². The van der Waals surface area contributed by atoms with Gasteiger partial charge in [-0.15, -0.1) is 0 Å². The zero-order valence-electron chi connectivity index (χ0n) is 15.1. The molecule has 0 atom stereocenters. The number of quaternary nitrogens is 1. The Labute approximate surface area is 145 Å². The van der Waals surface area contributed by atoms with E-state index < -0.39 is 0 Å². The fourth-order valence-corrected chi connectivity index (χ4v) is 3.88. The van der Waals surface area contributed by atoms with Crippen molar-refractivity contribution < 1.29 is 0 Å². The van der Waals surface area contributed by atoms with E-state index >= 15 is 0 Å². The second-order valence-electron chi connectivity index (χ2n) is 6.49. The fraction of sp³-hybridized carbons (Fsp3) is 0.217. The van der Waals surface area contributed by atoms with E-state index in [0.717, 1.165) is 11.0 Å². The SMILES string of the molecule is CC[N+](c1ccccc1C)(c1ccccc1C)c1ccccc1C. The predicted molar refractivity (Wildman–Crippen MR) is 105 cm³/mol. The van der Waals surface area contributed by atoms with Gasteiger partial charge in [-0.2, -0.15) is 0 Å². The molecular formula is C23H26N+. The normalized spacial score (nSPS) is 11.5. The molecule has 0 saturated carbocycles. The average Bonchev–Trinajstić information content (AvgIpc) is 2.60. The Kier molecular flexibility index (Phi) is 4.55. The molecule has 0 aliphatic carbocycles. The summed E-state index contributed by atoms with van der Waals surface area (Å²) in [4.78, 5) is 0. The lowest BCUT2D eigenvalue weighted by Gasteiger charge is -2.39. The molecular weight excluding hydrogens is 290 g/mol. The minimum atomic E-state index is 0.756. The fourth-order valence-electron chi connectivity index (χ4n) is 3.88. The summed E-state index contributed by atoms with van der Waals surface area (Å²) in [6, 6.07) is 26.3. The molecule has 0 unspecified atom stereocenters. The van der Waals surface area contributed by atoms with Crippen LogP contribution in [0.3, 0.4) is 0 Å². The Hall–Kier alpha value is -2.38. The average molecular weight is 316 g/mol. The van der Waals surface area contributed by atoms with Gasteiger partial charge in [-0.3, -0.25) is 0 Å². The first-order chi connectivity index (χ1) is 11.6. The summed E-state index contributed by atoms with van der Waals surface area (Å²) in [6.07, 6.45) is 0. The lowest BCUT2D eigenvalue weighted by molar-refractivity contribution is 0.537. The first-order valence-electron chi connectivity index (χ1n) is 8.68. The summed E-state index contributed by atoms with van der Waals surface area (Å²) in [5.74, 6) is 0. The van der Waals surface area contributed by atoms with Gasteiger partial charge >= 0.3 is 0 Å². The van der Waals surface area contributed by atoms with Crippen LogP contribution in [0.1, 0.15) is 23.6 Å². The Morgan fingerprint density at radius 2 is 0.833 bits per heavy atom. The number of nitrogens with zero attached hydrogens (tertiary/aromatic N) is 1. The summed E-state index contributed by atoms with van der Waals surface area (Å²) in [7, 11) is 0. The van der Waals surface area contributed by atoms with Crippen LogP contribution in [0.2, 0.25) is 0 Å². The molecule has 0 amide bonds. The Morgan fingerprint density at radius 3 is 1.08 bits per heavy atom. The second kappa shape index (κ2) is 6.62. The molecule has 0 radical (unpaired) electrons. The maximum atomic E-state index is 2.28. The monoisotopic (exact) mass is 316 g/mol. The third-order valence-corrected chi connectivity index (χ3v) is 5.05. The molecule has 0 aromatic heterocycles. The molecule has 0 spiro atoms. The summed E-state index contributed by atoms with van der Waals surface area (Å²) in [6.45, 7) is 9.91. The molecule has 0 bridgehead atoms. The van der Waals surface area contributed by atoms with Crippen LogP contribution >= 0.6 is 0 Å². The Balaban J connectivity index is 2.43. The molecule has 0 aliphatic rings. The highest BCUT2D eigenvalue weighted by atomic mass is 15.4. The van der Waals surface area contributed by atoms with E-state index in [1.165, 1.54) is 33.8 Å². The minimum Gasteiger partial charge on any atom is -0.226 e. The van der Waals surface area contributed by atoms with Crippen LogP contribution in [-0.2, 0) is 0 Å². The number of hydrogen-bond acceptors (Lipinski definition) is 0. The van der Waals surface area contributed by atoms with Crippen molar-refractivity contribution in [2.45, 2.75) is 27.7 Å². The first kappa shape index (κ1) is 16.5. The zero-order valence-corrected chi connectivity index (χ0v) is 15.1. The van der Waals surface area contributed by atoms with Gasteiger partial charge < -0.3 is 0 Å². The number of hydrogen-bond donors (Lipinski definition) is 0. The van der Waals surface area contributed by atoms with E-state index in [-0.39, 0.29) is 0 Å². The third-order valence-electron chi connectivity index (χ3n) is 5.05. The lowest BCUT2D eigenvalue weighted by Crippen LogP contribution is -2.40. The quantitative estimate of drug-likeness (QED) is 0.475. The van der Waals surface area contributed by atoms with Crippen molar-refractivity contribution in [3.05, 3.63) is 89.5 Å². The Bertz CT molecular complexity index is 737. The molecule has 0 aliphatic heterocycles. The molecule has 3 rings (SSSR count). The van der Waals surface area contributed by atoms with Gasteiger partial charge in [0.15, 0.2) is 0 Å². The lowest BCUT2D eigenvalue weighted by atomic mass is 10.0. The summed E-state index contributed by atoms with van der Waals surface area (Å²) >= 11 is 0. The van der Waals surface area contributed by atoms with Crippen molar-refractivity contribution in [3.8, 4) is 0 Å². The summed E-state index contributed by atoms with van der Waals surface area (Å²) in [5, 5.41) is 0. The van der Waals surface area contributed by atoms with Crippen molar-refractivity contribution in [1.29, 1.82) is 0 Å². The summed E-state index contributed by atoms with van der Waals surface area (Å²) < 4.78 is 0.756. The smallest absolute Gasteiger partial charge is 0.145 e. The van der Waals surface area contributed by atoms with E-state index in [2.05, 4.69) is 100 Å². The topological polar surface area (TPSA) is 0 Å². The molecule has 122 valence electrons. The van der Waals surface area contributed by atoms with Gasteiger partial charge in [-0.25, -0.2) is 4.48 Å². The van der Waals surface area contributed by atoms with Crippen LogP contribution in [-0.4, -0.2) is 6.54 Å². The molecule has 0 saturated heterocycles. The molecule has 0 heterocycles. The predicted octanol–water partition coefficient (Wildman–Crippen LogP) is 6.60. The van der Waals surface area contributed by atoms with Gasteiger partial charge in [0.1, 0.15) is 17.1 Å². The molecule has 0 fully saturated rings. The zero-order chi connectivity index (χ0) is 17.2. The van der Waals surface area contributed by atoms with Gasteiger partial charge in [0.2, 0.25) is 0 Å². The van der Waals surface area contributed by atoms with Gasteiger partial charge in [0.25, 0.3) is 0 Å². The maximum absolute atomic E-state index is 2.28. The van der Waals surface area contributed by atoms with Gasteiger partial charge in [-0.05, 0) is 27.7 Å². The Morgan fingerprint density at radius 1 is 0.542 bits per heavy atom. The van der Waals surface area contributed by atoms with E-state index in [0.29, 0.717) is 0 Å². The van der Waals surface area contributed by atoms with Crippen molar-refractivity contribution in [2.24, 2.45) is 0 Å². The van der Waals surface area contributed by atoms with E-state index in [9.17, 15) is 0 Å². The van der Waals surface area contributed by atoms with Gasteiger partial charge in [-0.1, -0.05) is 54.6 Å². The first-order valence-corrected chi connectivity index (χ1v) is 8.68. The van der Waals surface area contributed by atoms with E-state index in [1.54, 1.807) is 0 Å². The molecule has 3 aromatic rings. The van der Waals surface area contributed by atoms with Crippen molar-refractivity contribution in [2.75, 3.05) is 6.54 Å². The van der Waals surface area contributed by atoms with Crippen molar-refractivity contribution >= 4 is 17.1 Å². The van der Waals surface area contributed by atoms with Crippen LogP contribution in [0.25, 0.3) is 0 Å². The van der Waals surface area contributed by atoms with Gasteiger partial charge in [0.05, 0.1) is 6.54 Å². The molecule has 3 aromatic carbocycles. The van der Waals surface area contributed by atoms with Crippen molar-refractivity contribution in [3.63, 3.8) is 0 Å². The highest BCUT2D eigenvalue weighted by Gasteiger charge is 2.37. The molecule has 1 heteroatoms. The van der Waals surface area contributed by atoms with Crippen LogP contribution < -0.4 is 4.48 Å². The minimum absolute atomic E-state index is 0.756. The second-order valence-corrected chi connectivity index (χ2v) is 6.49. The number of aryl methyl sites for hydroxylation is 3. The van der Waals surface area contributed by atoms with Crippen molar-refractivity contribution in [1.82, 2.24) is 4.48 Å². The third kappa shape index (κ3) is 2.55. The largest absolute Gasteiger partial charge is 0.226 e. The molecule has 0 N–H and O–H groups in total. The van der Waals surface area contributed by atoms with Gasteiger partial charge in [0, 0.05) is 34.9 Å². The maximum Gasteiger partial charge on any atom is 0.145 e.